The normalized spacial score (nSPS) is 21.2. The van der Waals surface area contributed by atoms with E-state index in [1.54, 1.807) is 18.2 Å². The van der Waals surface area contributed by atoms with E-state index in [9.17, 15) is 9.59 Å². The second-order valence-electron chi connectivity index (χ2n) is 4.10. The van der Waals surface area contributed by atoms with Gasteiger partial charge in [0.05, 0.1) is 29.7 Å². The number of nitrogens with one attached hydrogen (secondary N) is 1. The maximum atomic E-state index is 11.8. The Morgan fingerprint density at radius 2 is 2.17 bits per heavy atom. The molecule has 0 heterocycles. The number of benzene rings is 1. The predicted octanol–water partition coefficient (Wildman–Crippen LogP) is 2.01. The molecule has 2 atom stereocenters. The first-order valence-electron chi connectivity index (χ1n) is 5.40. The number of ether oxygens (including phenoxy) is 1. The largest absolute Gasteiger partial charge is 0.493 e. The fourth-order valence-electron chi connectivity index (χ4n) is 1.80. The second-order valence-corrected chi connectivity index (χ2v) is 4.50. The number of carbonyl (C=O) groups is 2. The van der Waals surface area contributed by atoms with Gasteiger partial charge in [-0.15, -0.1) is 0 Å². The third-order valence-electron chi connectivity index (χ3n) is 2.87. The van der Waals surface area contributed by atoms with Gasteiger partial charge in [-0.2, -0.15) is 0 Å². The number of hydrogen-bond donors (Lipinski definition) is 2. The van der Waals surface area contributed by atoms with E-state index < -0.39 is 17.8 Å². The van der Waals surface area contributed by atoms with Crippen LogP contribution in [0.15, 0.2) is 18.2 Å². The molecule has 18 heavy (non-hydrogen) atoms. The van der Waals surface area contributed by atoms with Gasteiger partial charge in [-0.1, -0.05) is 17.7 Å². The molecule has 1 aliphatic carbocycles. The van der Waals surface area contributed by atoms with Gasteiger partial charge in [-0.05, 0) is 18.6 Å². The Balaban J connectivity index is 2.09. The number of carboxylic acid groups (broad SMARTS) is 1. The lowest BCUT2D eigenvalue weighted by molar-refractivity contribution is -0.139. The average molecular weight is 270 g/mol. The average Bonchev–Trinajstić information content (AvgIpc) is 3.09. The molecule has 0 aromatic heterocycles. The number of halogens is 1. The first kappa shape index (κ1) is 12.7. The maximum absolute atomic E-state index is 11.8. The zero-order chi connectivity index (χ0) is 13.3. The van der Waals surface area contributed by atoms with Crippen molar-refractivity contribution in [2.75, 3.05) is 12.4 Å². The molecule has 1 aromatic rings. The van der Waals surface area contributed by atoms with Gasteiger partial charge in [0.25, 0.3) is 0 Å². The minimum absolute atomic E-state index is 0.317. The predicted molar refractivity (Wildman–Crippen MR) is 65.9 cm³/mol. The third kappa shape index (κ3) is 2.41. The lowest BCUT2D eigenvalue weighted by Gasteiger charge is -2.11. The summed E-state index contributed by atoms with van der Waals surface area (Å²) in [5.41, 5.74) is 0.450. The van der Waals surface area contributed by atoms with E-state index >= 15 is 0 Å². The standard InChI is InChI=1S/C12H12ClNO4/c1-18-10-8(13)3-2-4-9(10)14-11(15)6-5-7(6)12(16)17/h2-4,6-7H,5H2,1H3,(H,14,15)(H,16,17). The number of para-hydroxylation sites is 1. The molecule has 0 radical (unpaired) electrons. The summed E-state index contributed by atoms with van der Waals surface area (Å²) in [6, 6.07) is 4.98. The van der Waals surface area contributed by atoms with Gasteiger partial charge in [-0.3, -0.25) is 9.59 Å². The molecule has 2 unspecified atom stereocenters. The van der Waals surface area contributed by atoms with Crippen molar-refractivity contribution < 1.29 is 19.4 Å². The summed E-state index contributed by atoms with van der Waals surface area (Å²) in [7, 11) is 1.45. The molecule has 6 heteroatoms. The summed E-state index contributed by atoms with van der Waals surface area (Å²) < 4.78 is 5.09. The zero-order valence-corrected chi connectivity index (χ0v) is 10.4. The molecule has 2 rings (SSSR count). The van der Waals surface area contributed by atoms with E-state index in [1.807, 2.05) is 0 Å². The Hall–Kier alpha value is -1.75. The van der Waals surface area contributed by atoms with E-state index in [0.717, 1.165) is 0 Å². The number of aliphatic carboxylic acids is 1. The summed E-state index contributed by atoms with van der Waals surface area (Å²) in [4.78, 5) is 22.5. The molecule has 1 fully saturated rings. The van der Waals surface area contributed by atoms with Crippen LogP contribution in [0.4, 0.5) is 5.69 Å². The van der Waals surface area contributed by atoms with Crippen LogP contribution in [0.3, 0.4) is 0 Å². The second kappa shape index (κ2) is 4.86. The quantitative estimate of drug-likeness (QED) is 0.877. The van der Waals surface area contributed by atoms with Gasteiger partial charge < -0.3 is 15.2 Å². The summed E-state index contributed by atoms with van der Waals surface area (Å²) in [6.07, 6.45) is 0.379. The molecular formula is C12H12ClNO4. The van der Waals surface area contributed by atoms with Gasteiger partial charge in [-0.25, -0.2) is 0 Å². The highest BCUT2D eigenvalue weighted by atomic mass is 35.5. The van der Waals surface area contributed by atoms with Gasteiger partial charge in [0.1, 0.15) is 0 Å². The Bertz CT molecular complexity index is 503. The van der Waals surface area contributed by atoms with Crippen LogP contribution < -0.4 is 10.1 Å². The topological polar surface area (TPSA) is 75.6 Å². The van der Waals surface area contributed by atoms with Crippen molar-refractivity contribution in [3.8, 4) is 5.75 Å². The van der Waals surface area contributed by atoms with Crippen molar-refractivity contribution in [1.29, 1.82) is 0 Å². The van der Waals surface area contributed by atoms with Crippen LogP contribution in [0.5, 0.6) is 5.75 Å². The summed E-state index contributed by atoms with van der Waals surface area (Å²) >= 11 is 5.92. The summed E-state index contributed by atoms with van der Waals surface area (Å²) in [5.74, 6) is -1.92. The molecule has 0 saturated heterocycles. The summed E-state index contributed by atoms with van der Waals surface area (Å²) in [5, 5.41) is 11.8. The fraction of sp³-hybridized carbons (Fsp3) is 0.333. The molecule has 1 aromatic carbocycles. The zero-order valence-electron chi connectivity index (χ0n) is 9.64. The number of carboxylic acids is 1. The fourth-order valence-corrected chi connectivity index (χ4v) is 2.05. The van der Waals surface area contributed by atoms with Gasteiger partial charge >= 0.3 is 5.97 Å². The highest BCUT2D eigenvalue weighted by Gasteiger charge is 2.48. The van der Waals surface area contributed by atoms with Crippen LogP contribution in [0.1, 0.15) is 6.42 Å². The number of hydrogen-bond acceptors (Lipinski definition) is 3. The van der Waals surface area contributed by atoms with E-state index in [2.05, 4.69) is 5.32 Å². The van der Waals surface area contributed by atoms with Gasteiger partial charge in [0, 0.05) is 0 Å². The number of amides is 1. The van der Waals surface area contributed by atoms with E-state index in [0.29, 0.717) is 22.9 Å². The molecule has 0 spiro atoms. The number of methoxy groups -OCH3 is 1. The maximum Gasteiger partial charge on any atom is 0.307 e. The van der Waals surface area contributed by atoms with Crippen molar-refractivity contribution >= 4 is 29.2 Å². The first-order valence-corrected chi connectivity index (χ1v) is 5.78. The van der Waals surface area contributed by atoms with Crippen LogP contribution in [-0.2, 0) is 9.59 Å². The lowest BCUT2D eigenvalue weighted by atomic mass is 10.2. The first-order chi connectivity index (χ1) is 8.54. The monoisotopic (exact) mass is 269 g/mol. The highest BCUT2D eigenvalue weighted by molar-refractivity contribution is 6.32. The molecule has 1 aliphatic rings. The van der Waals surface area contributed by atoms with E-state index in [4.69, 9.17) is 21.4 Å². The number of rotatable bonds is 4. The Labute approximate surface area is 109 Å². The number of anilines is 1. The highest BCUT2D eigenvalue weighted by Crippen LogP contribution is 2.40. The molecule has 1 saturated carbocycles. The lowest BCUT2D eigenvalue weighted by Crippen LogP contribution is -2.17. The Kier molecular flexibility index (Phi) is 3.43. The van der Waals surface area contributed by atoms with Crippen LogP contribution >= 0.6 is 11.6 Å². The minimum atomic E-state index is -0.937. The van der Waals surface area contributed by atoms with Crippen molar-refractivity contribution in [3.63, 3.8) is 0 Å². The molecule has 0 aliphatic heterocycles. The van der Waals surface area contributed by atoms with Gasteiger partial charge in [0.15, 0.2) is 5.75 Å². The number of carbonyl (C=O) groups excluding carboxylic acids is 1. The van der Waals surface area contributed by atoms with Crippen LogP contribution in [0.25, 0.3) is 0 Å². The molecule has 1 amide bonds. The van der Waals surface area contributed by atoms with E-state index in [-0.39, 0.29) is 5.91 Å². The molecule has 96 valence electrons. The van der Waals surface area contributed by atoms with E-state index in [1.165, 1.54) is 7.11 Å². The summed E-state index contributed by atoms with van der Waals surface area (Å²) in [6.45, 7) is 0. The minimum Gasteiger partial charge on any atom is -0.493 e. The smallest absolute Gasteiger partial charge is 0.307 e. The van der Waals surface area contributed by atoms with Crippen molar-refractivity contribution in [3.05, 3.63) is 23.2 Å². The third-order valence-corrected chi connectivity index (χ3v) is 3.17. The molecular weight excluding hydrogens is 258 g/mol. The van der Waals surface area contributed by atoms with Crippen LogP contribution in [0.2, 0.25) is 5.02 Å². The van der Waals surface area contributed by atoms with Crippen LogP contribution in [0, 0.1) is 11.8 Å². The Morgan fingerprint density at radius 1 is 1.44 bits per heavy atom. The van der Waals surface area contributed by atoms with Crippen molar-refractivity contribution in [2.24, 2.45) is 11.8 Å². The molecule has 0 bridgehead atoms. The van der Waals surface area contributed by atoms with Gasteiger partial charge in [0.2, 0.25) is 5.91 Å². The van der Waals surface area contributed by atoms with Crippen LogP contribution in [-0.4, -0.2) is 24.1 Å². The van der Waals surface area contributed by atoms with Crippen molar-refractivity contribution in [1.82, 2.24) is 0 Å². The Morgan fingerprint density at radius 3 is 2.72 bits per heavy atom. The molecule has 2 N–H and O–H groups in total. The van der Waals surface area contributed by atoms with Crippen molar-refractivity contribution in [2.45, 2.75) is 6.42 Å². The SMILES string of the molecule is COc1c(Cl)cccc1NC(=O)C1CC1C(=O)O. The molecule has 5 nitrogen and oxygen atoms in total.